The Kier molecular flexibility index (Phi) is 4.18. The van der Waals surface area contributed by atoms with Gasteiger partial charge >= 0.3 is 5.97 Å². The van der Waals surface area contributed by atoms with Gasteiger partial charge in [0.15, 0.2) is 0 Å². The third-order valence-electron chi connectivity index (χ3n) is 5.68. The molecule has 0 amide bonds. The SMILES string of the molecule is CC(I)C(=O)OC1C2CC3C(O2)C1N(C1CCCCC1)S3(=O)=O. The lowest BCUT2D eigenvalue weighted by Crippen LogP contribution is -2.51. The number of alkyl halides is 1. The van der Waals surface area contributed by atoms with Crippen LogP contribution in [0, 0.1) is 0 Å². The molecule has 1 aliphatic carbocycles. The van der Waals surface area contributed by atoms with Gasteiger partial charge in [0.05, 0.1) is 18.2 Å². The van der Waals surface area contributed by atoms with E-state index in [0.29, 0.717) is 6.42 Å². The lowest BCUT2D eigenvalue weighted by atomic mass is 9.89. The van der Waals surface area contributed by atoms with Crippen LogP contribution < -0.4 is 0 Å². The Morgan fingerprint density at radius 2 is 2.00 bits per heavy atom. The van der Waals surface area contributed by atoms with Gasteiger partial charge in [-0.05, 0) is 26.2 Å². The molecule has 0 aromatic heterocycles. The minimum absolute atomic E-state index is 0.0462. The maximum absolute atomic E-state index is 13.0. The summed E-state index contributed by atoms with van der Waals surface area (Å²) in [6, 6.07) is -0.268. The van der Waals surface area contributed by atoms with Gasteiger partial charge < -0.3 is 9.47 Å². The predicted molar refractivity (Wildman–Crippen MR) is 91.8 cm³/mol. The van der Waals surface area contributed by atoms with Crippen molar-refractivity contribution in [3.05, 3.63) is 0 Å². The van der Waals surface area contributed by atoms with Gasteiger partial charge in [0, 0.05) is 6.04 Å². The molecule has 8 heteroatoms. The summed E-state index contributed by atoms with van der Waals surface area (Å²) in [5, 5.41) is -0.439. The number of hydrogen-bond acceptors (Lipinski definition) is 5. The molecule has 6 unspecified atom stereocenters. The number of sulfonamides is 1. The Balaban J connectivity index is 1.64. The van der Waals surface area contributed by atoms with Crippen molar-refractivity contribution in [1.82, 2.24) is 4.31 Å². The van der Waals surface area contributed by atoms with E-state index >= 15 is 0 Å². The fourth-order valence-corrected chi connectivity index (χ4v) is 7.36. The molecule has 2 bridgehead atoms. The molecule has 0 radical (unpaired) electrons. The summed E-state index contributed by atoms with van der Waals surface area (Å²) >= 11 is 2.02. The first-order chi connectivity index (χ1) is 10.9. The van der Waals surface area contributed by atoms with Crippen molar-refractivity contribution < 1.29 is 22.7 Å². The maximum Gasteiger partial charge on any atom is 0.319 e. The Bertz CT molecular complexity index is 603. The van der Waals surface area contributed by atoms with Gasteiger partial charge in [0.1, 0.15) is 15.3 Å². The molecule has 6 nitrogen and oxygen atoms in total. The first-order valence-electron chi connectivity index (χ1n) is 8.43. The molecule has 130 valence electrons. The molecule has 4 rings (SSSR count). The van der Waals surface area contributed by atoms with E-state index in [-0.39, 0.29) is 34.2 Å². The fourth-order valence-electron chi connectivity index (χ4n) is 4.69. The van der Waals surface area contributed by atoms with Crippen LogP contribution in [0.4, 0.5) is 0 Å². The molecular weight excluding hydrogens is 433 g/mol. The van der Waals surface area contributed by atoms with Crippen molar-refractivity contribution >= 4 is 38.6 Å². The number of carbonyl (C=O) groups is 1. The van der Waals surface area contributed by atoms with E-state index < -0.39 is 21.4 Å². The number of nitrogens with zero attached hydrogens (tertiary/aromatic N) is 1. The van der Waals surface area contributed by atoms with Gasteiger partial charge in [0.2, 0.25) is 10.0 Å². The monoisotopic (exact) mass is 455 g/mol. The van der Waals surface area contributed by atoms with E-state index in [2.05, 4.69) is 0 Å². The quantitative estimate of drug-likeness (QED) is 0.368. The molecule has 6 atom stereocenters. The molecular formula is C15H22INO5S. The van der Waals surface area contributed by atoms with E-state index in [0.717, 1.165) is 25.7 Å². The van der Waals surface area contributed by atoms with E-state index in [1.165, 1.54) is 6.42 Å². The predicted octanol–water partition coefficient (Wildman–Crippen LogP) is 1.61. The number of ether oxygens (including phenoxy) is 2. The van der Waals surface area contributed by atoms with Crippen molar-refractivity contribution in [3.8, 4) is 0 Å². The smallest absolute Gasteiger partial charge is 0.319 e. The second-order valence-corrected chi connectivity index (χ2v) is 11.0. The highest BCUT2D eigenvalue weighted by Crippen LogP contribution is 2.51. The zero-order valence-corrected chi connectivity index (χ0v) is 16.0. The highest BCUT2D eigenvalue weighted by atomic mass is 127. The van der Waals surface area contributed by atoms with Crippen LogP contribution in [0.1, 0.15) is 45.4 Å². The summed E-state index contributed by atoms with van der Waals surface area (Å²) in [6.45, 7) is 1.78. The van der Waals surface area contributed by atoms with E-state index in [1.807, 2.05) is 22.6 Å². The minimum atomic E-state index is -3.35. The Morgan fingerprint density at radius 1 is 1.30 bits per heavy atom. The summed E-state index contributed by atoms with van der Waals surface area (Å²) in [5.74, 6) is -0.281. The lowest BCUT2D eigenvalue weighted by Gasteiger charge is -2.35. The fraction of sp³-hybridized carbons (Fsp3) is 0.933. The van der Waals surface area contributed by atoms with Crippen LogP contribution in [0.25, 0.3) is 0 Å². The maximum atomic E-state index is 13.0. The Morgan fingerprint density at radius 3 is 2.65 bits per heavy atom. The molecule has 0 N–H and O–H groups in total. The molecule has 0 aromatic rings. The highest BCUT2D eigenvalue weighted by molar-refractivity contribution is 14.1. The number of esters is 1. The highest BCUT2D eigenvalue weighted by Gasteiger charge is 2.70. The van der Waals surface area contributed by atoms with Crippen LogP contribution in [0.3, 0.4) is 0 Å². The van der Waals surface area contributed by atoms with Crippen molar-refractivity contribution in [1.29, 1.82) is 0 Å². The average molecular weight is 455 g/mol. The second kappa shape index (κ2) is 5.81. The van der Waals surface area contributed by atoms with Gasteiger partial charge in [-0.2, -0.15) is 4.31 Å². The van der Waals surface area contributed by atoms with Crippen molar-refractivity contribution in [2.75, 3.05) is 0 Å². The molecule has 3 heterocycles. The zero-order valence-electron chi connectivity index (χ0n) is 13.1. The molecule has 0 spiro atoms. The number of fused-ring (bicyclic) bond motifs is 1. The number of carbonyl (C=O) groups excluding carboxylic acids is 1. The molecule has 23 heavy (non-hydrogen) atoms. The third kappa shape index (κ3) is 2.46. The molecule has 3 saturated heterocycles. The standard InChI is InChI=1S/C15H22INO5S/c1-8(16)15(18)22-13-10-7-11-14(21-10)12(13)17(23(11,19)20)9-5-3-2-4-6-9/h8-14H,2-7H2,1H3. The number of halogens is 1. The van der Waals surface area contributed by atoms with Crippen molar-refractivity contribution in [2.24, 2.45) is 0 Å². The van der Waals surface area contributed by atoms with Crippen LogP contribution in [-0.2, 0) is 24.3 Å². The van der Waals surface area contributed by atoms with E-state index in [9.17, 15) is 13.2 Å². The van der Waals surface area contributed by atoms with Crippen LogP contribution in [0.15, 0.2) is 0 Å². The summed E-state index contributed by atoms with van der Waals surface area (Å²) in [7, 11) is -3.35. The summed E-state index contributed by atoms with van der Waals surface area (Å²) in [6.07, 6.45) is 4.54. The minimum Gasteiger partial charge on any atom is -0.457 e. The summed E-state index contributed by atoms with van der Waals surface area (Å²) in [5.41, 5.74) is 0. The van der Waals surface area contributed by atoms with Crippen LogP contribution >= 0.6 is 22.6 Å². The van der Waals surface area contributed by atoms with Gasteiger partial charge in [-0.1, -0.05) is 41.9 Å². The summed E-state index contributed by atoms with van der Waals surface area (Å²) < 4.78 is 39.0. The van der Waals surface area contributed by atoms with Crippen LogP contribution in [-0.4, -0.2) is 58.3 Å². The molecule has 3 aliphatic heterocycles. The van der Waals surface area contributed by atoms with Gasteiger partial charge in [-0.15, -0.1) is 0 Å². The van der Waals surface area contributed by atoms with Crippen molar-refractivity contribution in [2.45, 2.75) is 85.0 Å². The van der Waals surface area contributed by atoms with E-state index in [4.69, 9.17) is 9.47 Å². The third-order valence-corrected chi connectivity index (χ3v) is 8.55. The topological polar surface area (TPSA) is 72.9 Å². The number of rotatable bonds is 3. The van der Waals surface area contributed by atoms with Gasteiger partial charge in [-0.3, -0.25) is 4.79 Å². The zero-order chi connectivity index (χ0) is 16.4. The van der Waals surface area contributed by atoms with Gasteiger partial charge in [0.25, 0.3) is 0 Å². The molecule has 4 fully saturated rings. The normalized spacial score (nSPS) is 43.7. The van der Waals surface area contributed by atoms with Crippen LogP contribution in [0.5, 0.6) is 0 Å². The second-order valence-electron chi connectivity index (χ2n) is 7.09. The van der Waals surface area contributed by atoms with Crippen molar-refractivity contribution in [3.63, 3.8) is 0 Å². The number of hydrogen-bond donors (Lipinski definition) is 0. The lowest BCUT2D eigenvalue weighted by molar-refractivity contribution is -0.152. The Hall–Kier alpha value is 0.0700. The average Bonchev–Trinajstić information content (AvgIpc) is 3.11. The van der Waals surface area contributed by atoms with Crippen LogP contribution in [0.2, 0.25) is 0 Å². The summed E-state index contributed by atoms with van der Waals surface area (Å²) in [4.78, 5) is 12.0. The first-order valence-corrected chi connectivity index (χ1v) is 11.2. The first kappa shape index (κ1) is 16.5. The molecule has 0 aromatic carbocycles. The Labute approximate surface area is 150 Å². The largest absolute Gasteiger partial charge is 0.457 e. The molecule has 4 aliphatic rings. The van der Waals surface area contributed by atoms with Gasteiger partial charge in [-0.25, -0.2) is 8.42 Å². The molecule has 1 saturated carbocycles. The van der Waals surface area contributed by atoms with E-state index in [1.54, 1.807) is 11.2 Å².